The van der Waals surface area contributed by atoms with Crippen molar-refractivity contribution in [2.24, 2.45) is 28.6 Å². The van der Waals surface area contributed by atoms with Gasteiger partial charge in [-0.3, -0.25) is 9.59 Å². The van der Waals surface area contributed by atoms with Crippen molar-refractivity contribution in [3.8, 4) is 0 Å². The molecule has 150 valence electrons. The molecule has 0 aromatic heterocycles. The summed E-state index contributed by atoms with van der Waals surface area (Å²) in [6, 6.07) is 0. The molecule has 0 radical (unpaired) electrons. The van der Waals surface area contributed by atoms with E-state index in [-0.39, 0.29) is 29.6 Å². The fraction of sp³-hybridized carbons (Fsp3) is 0.826. The van der Waals surface area contributed by atoms with E-state index in [0.717, 1.165) is 44.9 Å². The standard InChI is InChI=1S/C23H34O4/c1-14(24)26-17-9-11-22(3)16(13-17)5-6-18-19-7-8-21(27-15(2)25)23(19,4)12-10-20(18)22/h6,16-17,19-21H,5,7-13H2,1-4H3. The summed E-state index contributed by atoms with van der Waals surface area (Å²) in [4.78, 5) is 22.9. The summed E-state index contributed by atoms with van der Waals surface area (Å²) in [5.41, 5.74) is 2.08. The largest absolute Gasteiger partial charge is 0.463 e. The van der Waals surface area contributed by atoms with E-state index < -0.39 is 0 Å². The van der Waals surface area contributed by atoms with Gasteiger partial charge in [0.15, 0.2) is 0 Å². The zero-order valence-electron chi connectivity index (χ0n) is 17.3. The molecule has 4 heteroatoms. The third-order valence-electron chi connectivity index (χ3n) is 8.59. The average molecular weight is 375 g/mol. The molecule has 0 aromatic carbocycles. The van der Waals surface area contributed by atoms with Crippen LogP contribution in [0.5, 0.6) is 0 Å². The van der Waals surface area contributed by atoms with Crippen molar-refractivity contribution in [2.45, 2.75) is 91.3 Å². The number of hydrogen-bond donors (Lipinski definition) is 0. The zero-order valence-corrected chi connectivity index (χ0v) is 17.3. The quantitative estimate of drug-likeness (QED) is 0.514. The van der Waals surface area contributed by atoms with Crippen molar-refractivity contribution in [1.29, 1.82) is 0 Å². The molecular weight excluding hydrogens is 340 g/mol. The summed E-state index contributed by atoms with van der Waals surface area (Å²) >= 11 is 0. The number of ether oxygens (including phenoxy) is 2. The number of carbonyl (C=O) groups is 2. The van der Waals surface area contributed by atoms with E-state index >= 15 is 0 Å². The Balaban J connectivity index is 1.56. The van der Waals surface area contributed by atoms with Crippen LogP contribution in [0, 0.1) is 28.6 Å². The van der Waals surface area contributed by atoms with Gasteiger partial charge in [0.25, 0.3) is 0 Å². The summed E-state index contributed by atoms with van der Waals surface area (Å²) in [5, 5.41) is 0. The van der Waals surface area contributed by atoms with Gasteiger partial charge in [0.1, 0.15) is 12.2 Å². The molecule has 4 aliphatic carbocycles. The molecule has 27 heavy (non-hydrogen) atoms. The lowest BCUT2D eigenvalue weighted by Crippen LogP contribution is -2.50. The maximum atomic E-state index is 11.6. The van der Waals surface area contributed by atoms with Crippen LogP contribution in [0.2, 0.25) is 0 Å². The molecule has 0 spiro atoms. The number of hydrogen-bond acceptors (Lipinski definition) is 4. The van der Waals surface area contributed by atoms with Crippen molar-refractivity contribution < 1.29 is 19.1 Å². The summed E-state index contributed by atoms with van der Waals surface area (Å²) in [5.74, 6) is 1.52. The summed E-state index contributed by atoms with van der Waals surface area (Å²) in [7, 11) is 0. The molecule has 0 amide bonds. The first-order chi connectivity index (χ1) is 12.7. The molecule has 0 bridgehead atoms. The van der Waals surface area contributed by atoms with E-state index in [4.69, 9.17) is 9.47 Å². The van der Waals surface area contributed by atoms with Gasteiger partial charge in [0, 0.05) is 19.3 Å². The lowest BCUT2D eigenvalue weighted by molar-refractivity contribution is -0.154. The van der Waals surface area contributed by atoms with Crippen LogP contribution < -0.4 is 0 Å². The Labute approximate surface area is 163 Å². The fourth-order valence-corrected chi connectivity index (χ4v) is 7.16. The minimum Gasteiger partial charge on any atom is -0.463 e. The highest BCUT2D eigenvalue weighted by molar-refractivity contribution is 5.66. The molecule has 3 saturated carbocycles. The molecule has 0 aliphatic heterocycles. The van der Waals surface area contributed by atoms with Crippen LogP contribution in [0.15, 0.2) is 11.6 Å². The summed E-state index contributed by atoms with van der Waals surface area (Å²) in [6.07, 6.45) is 11.4. The molecular formula is C23H34O4. The molecule has 4 rings (SSSR count). The predicted octanol–water partition coefficient (Wildman–Crippen LogP) is 4.81. The van der Waals surface area contributed by atoms with Crippen molar-refractivity contribution in [3.05, 3.63) is 11.6 Å². The van der Waals surface area contributed by atoms with Gasteiger partial charge in [0.05, 0.1) is 0 Å². The molecule has 0 saturated heterocycles. The van der Waals surface area contributed by atoms with E-state index in [2.05, 4.69) is 19.9 Å². The second-order valence-corrected chi connectivity index (χ2v) is 9.97. The smallest absolute Gasteiger partial charge is 0.302 e. The topological polar surface area (TPSA) is 52.6 Å². The Bertz CT molecular complexity index is 667. The molecule has 4 aliphatic rings. The molecule has 3 fully saturated rings. The highest BCUT2D eigenvalue weighted by Crippen LogP contribution is 2.65. The average Bonchev–Trinajstić information content (AvgIpc) is 2.91. The van der Waals surface area contributed by atoms with Gasteiger partial charge in [-0.1, -0.05) is 25.5 Å². The third-order valence-corrected chi connectivity index (χ3v) is 8.59. The van der Waals surface area contributed by atoms with Crippen molar-refractivity contribution in [1.82, 2.24) is 0 Å². The number of esters is 2. The van der Waals surface area contributed by atoms with Crippen LogP contribution in [0.1, 0.15) is 79.1 Å². The second kappa shape index (κ2) is 6.63. The van der Waals surface area contributed by atoms with E-state index in [1.54, 1.807) is 5.57 Å². The van der Waals surface area contributed by atoms with Gasteiger partial charge in [-0.25, -0.2) is 0 Å². The van der Waals surface area contributed by atoms with E-state index in [1.165, 1.54) is 20.3 Å². The number of fused-ring (bicyclic) bond motifs is 5. The first-order valence-electron chi connectivity index (χ1n) is 10.8. The Hall–Kier alpha value is -1.32. The monoisotopic (exact) mass is 374 g/mol. The number of allylic oxidation sites excluding steroid dienone is 2. The SMILES string of the molecule is CC(=O)OC1CCC2(C)C(CC=C3C2CCC2(C)C(OC(C)=O)CCC32)C1. The Morgan fingerprint density at radius 1 is 0.926 bits per heavy atom. The van der Waals surface area contributed by atoms with Crippen LogP contribution in [0.4, 0.5) is 0 Å². The van der Waals surface area contributed by atoms with Gasteiger partial charge in [-0.05, 0) is 74.5 Å². The van der Waals surface area contributed by atoms with Crippen molar-refractivity contribution in [3.63, 3.8) is 0 Å². The summed E-state index contributed by atoms with van der Waals surface area (Å²) in [6.45, 7) is 7.89. The second-order valence-electron chi connectivity index (χ2n) is 9.97. The zero-order chi connectivity index (χ0) is 19.4. The number of rotatable bonds is 2. The maximum Gasteiger partial charge on any atom is 0.302 e. The van der Waals surface area contributed by atoms with Gasteiger partial charge in [-0.2, -0.15) is 0 Å². The van der Waals surface area contributed by atoms with Crippen molar-refractivity contribution in [2.75, 3.05) is 0 Å². The van der Waals surface area contributed by atoms with E-state index in [1.807, 2.05) is 0 Å². The Morgan fingerprint density at radius 2 is 1.59 bits per heavy atom. The van der Waals surface area contributed by atoms with Gasteiger partial charge < -0.3 is 9.47 Å². The normalized spacial score (nSPS) is 45.8. The minimum absolute atomic E-state index is 0.0760. The molecule has 4 nitrogen and oxygen atoms in total. The maximum absolute atomic E-state index is 11.6. The van der Waals surface area contributed by atoms with Gasteiger partial charge in [-0.15, -0.1) is 0 Å². The molecule has 0 aromatic rings. The molecule has 7 unspecified atom stereocenters. The van der Waals surface area contributed by atoms with Crippen molar-refractivity contribution >= 4 is 11.9 Å². The van der Waals surface area contributed by atoms with E-state index in [9.17, 15) is 9.59 Å². The van der Waals surface area contributed by atoms with Crippen LogP contribution in [0.25, 0.3) is 0 Å². The molecule has 0 heterocycles. The van der Waals surface area contributed by atoms with Crippen LogP contribution >= 0.6 is 0 Å². The Kier molecular flexibility index (Phi) is 4.67. The highest BCUT2D eigenvalue weighted by atomic mass is 16.5. The lowest BCUT2D eigenvalue weighted by Gasteiger charge is -2.57. The fourth-order valence-electron chi connectivity index (χ4n) is 7.16. The third kappa shape index (κ3) is 3.03. The number of carbonyl (C=O) groups excluding carboxylic acids is 2. The molecule has 7 atom stereocenters. The van der Waals surface area contributed by atoms with Crippen LogP contribution in [-0.2, 0) is 19.1 Å². The first kappa shape index (κ1) is 19.0. The molecule has 0 N–H and O–H groups in total. The Morgan fingerprint density at radius 3 is 2.30 bits per heavy atom. The van der Waals surface area contributed by atoms with E-state index in [0.29, 0.717) is 23.2 Å². The van der Waals surface area contributed by atoms with Crippen LogP contribution in [-0.4, -0.2) is 24.1 Å². The minimum atomic E-state index is -0.147. The summed E-state index contributed by atoms with van der Waals surface area (Å²) < 4.78 is 11.3. The van der Waals surface area contributed by atoms with Gasteiger partial charge in [0.2, 0.25) is 0 Å². The van der Waals surface area contributed by atoms with Crippen LogP contribution in [0.3, 0.4) is 0 Å². The first-order valence-corrected chi connectivity index (χ1v) is 10.8. The highest BCUT2D eigenvalue weighted by Gasteiger charge is 2.58. The lowest BCUT2D eigenvalue weighted by atomic mass is 9.48. The predicted molar refractivity (Wildman–Crippen MR) is 103 cm³/mol. The van der Waals surface area contributed by atoms with Gasteiger partial charge >= 0.3 is 11.9 Å².